The van der Waals surface area contributed by atoms with Crippen molar-refractivity contribution in [3.05, 3.63) is 24.3 Å². The predicted molar refractivity (Wildman–Crippen MR) is 63.3 cm³/mol. The van der Waals surface area contributed by atoms with E-state index in [0.717, 1.165) is 5.57 Å². The maximum Gasteiger partial charge on any atom is 0.434 e. The summed E-state index contributed by atoms with van der Waals surface area (Å²) in [7, 11) is 0. The number of carbonyl (C=O) groups excluding carboxylic acids is 1. The first-order chi connectivity index (χ1) is 6.74. The van der Waals surface area contributed by atoms with Gasteiger partial charge in [0.05, 0.1) is 0 Å². The summed E-state index contributed by atoms with van der Waals surface area (Å²) >= 11 is 0. The third-order valence-corrected chi connectivity index (χ3v) is 1.42. The van der Waals surface area contributed by atoms with Crippen LogP contribution in [-0.4, -0.2) is 17.4 Å². The molecule has 0 heterocycles. The van der Waals surface area contributed by atoms with E-state index in [1.54, 1.807) is 39.8 Å². The highest BCUT2D eigenvalue weighted by Gasteiger charge is 2.15. The standard InChI is InChI=1S/C12H19NO2/c1-7-9(2)8-10(3)13-11(14)15-12(4,5)6/h7-8H,1H2,2-6H3/b9-8-,13-10?. The molecule has 3 nitrogen and oxygen atoms in total. The molecule has 1 amide bonds. The van der Waals surface area contributed by atoms with Crippen molar-refractivity contribution >= 4 is 11.8 Å². The summed E-state index contributed by atoms with van der Waals surface area (Å²) in [5.74, 6) is 0. The summed E-state index contributed by atoms with van der Waals surface area (Å²) in [6.45, 7) is 12.7. The Kier molecular flexibility index (Phi) is 4.98. The minimum Gasteiger partial charge on any atom is -0.442 e. The highest BCUT2D eigenvalue weighted by molar-refractivity contribution is 5.99. The van der Waals surface area contributed by atoms with Crippen LogP contribution in [-0.2, 0) is 4.74 Å². The third-order valence-electron chi connectivity index (χ3n) is 1.42. The molecule has 0 fully saturated rings. The van der Waals surface area contributed by atoms with E-state index in [0.29, 0.717) is 5.71 Å². The number of amides is 1. The lowest BCUT2D eigenvalue weighted by Crippen LogP contribution is -2.22. The lowest BCUT2D eigenvalue weighted by molar-refractivity contribution is 0.0604. The van der Waals surface area contributed by atoms with Crippen molar-refractivity contribution in [2.24, 2.45) is 4.99 Å². The zero-order chi connectivity index (χ0) is 12.1. The van der Waals surface area contributed by atoms with Crippen molar-refractivity contribution in [3.8, 4) is 0 Å². The summed E-state index contributed by atoms with van der Waals surface area (Å²) in [5, 5.41) is 0. The van der Waals surface area contributed by atoms with Crippen LogP contribution >= 0.6 is 0 Å². The molecule has 84 valence electrons. The van der Waals surface area contributed by atoms with Gasteiger partial charge in [-0.1, -0.05) is 12.7 Å². The van der Waals surface area contributed by atoms with E-state index in [1.165, 1.54) is 0 Å². The molecule has 0 aliphatic heterocycles. The van der Waals surface area contributed by atoms with Crippen LogP contribution in [0.4, 0.5) is 4.79 Å². The van der Waals surface area contributed by atoms with E-state index in [-0.39, 0.29) is 0 Å². The van der Waals surface area contributed by atoms with E-state index in [1.807, 2.05) is 6.92 Å². The quantitative estimate of drug-likeness (QED) is 0.515. The molecule has 0 rings (SSSR count). The van der Waals surface area contributed by atoms with Crippen LogP contribution in [0.2, 0.25) is 0 Å². The van der Waals surface area contributed by atoms with Crippen molar-refractivity contribution in [1.29, 1.82) is 0 Å². The Bertz CT molecular complexity index is 306. The van der Waals surface area contributed by atoms with Gasteiger partial charge >= 0.3 is 6.09 Å². The molecule has 0 radical (unpaired) electrons. The molecule has 0 aliphatic carbocycles. The topological polar surface area (TPSA) is 38.7 Å². The number of hydrogen-bond donors (Lipinski definition) is 0. The van der Waals surface area contributed by atoms with Gasteiger partial charge in [0, 0.05) is 5.71 Å². The fourth-order valence-corrected chi connectivity index (χ4v) is 0.849. The minimum absolute atomic E-state index is 0.502. The van der Waals surface area contributed by atoms with Gasteiger partial charge in [-0.2, -0.15) is 4.99 Å². The monoisotopic (exact) mass is 209 g/mol. The van der Waals surface area contributed by atoms with Gasteiger partial charge in [0.1, 0.15) is 5.60 Å². The zero-order valence-electron chi connectivity index (χ0n) is 10.1. The molecule has 15 heavy (non-hydrogen) atoms. The molecule has 0 aromatic carbocycles. The molecule has 0 aliphatic rings. The number of hydrogen-bond acceptors (Lipinski definition) is 2. The van der Waals surface area contributed by atoms with Crippen LogP contribution in [0.25, 0.3) is 0 Å². The van der Waals surface area contributed by atoms with Crippen LogP contribution in [0, 0.1) is 0 Å². The number of ether oxygens (including phenoxy) is 1. The van der Waals surface area contributed by atoms with Gasteiger partial charge in [-0.05, 0) is 46.3 Å². The van der Waals surface area contributed by atoms with Crippen LogP contribution in [0.15, 0.2) is 29.3 Å². The first kappa shape index (κ1) is 13.6. The molecule has 0 bridgehead atoms. The summed E-state index contributed by atoms with van der Waals surface area (Å²) < 4.78 is 5.04. The lowest BCUT2D eigenvalue weighted by atomic mass is 10.2. The molecule has 0 atom stereocenters. The maximum absolute atomic E-state index is 11.3. The number of carbonyl (C=O) groups is 1. The van der Waals surface area contributed by atoms with Gasteiger partial charge < -0.3 is 4.74 Å². The zero-order valence-corrected chi connectivity index (χ0v) is 10.1. The van der Waals surface area contributed by atoms with E-state index in [4.69, 9.17) is 4.74 Å². The Balaban J connectivity index is 4.50. The van der Waals surface area contributed by atoms with Gasteiger partial charge in [-0.25, -0.2) is 4.79 Å². The van der Waals surface area contributed by atoms with Gasteiger partial charge in [-0.3, -0.25) is 0 Å². The van der Waals surface area contributed by atoms with Crippen LogP contribution in [0.1, 0.15) is 34.6 Å². The van der Waals surface area contributed by atoms with Crippen molar-refractivity contribution in [1.82, 2.24) is 0 Å². The maximum atomic E-state index is 11.3. The fourth-order valence-electron chi connectivity index (χ4n) is 0.849. The Morgan fingerprint density at radius 2 is 1.87 bits per heavy atom. The van der Waals surface area contributed by atoms with E-state index < -0.39 is 11.7 Å². The fraction of sp³-hybridized carbons (Fsp3) is 0.500. The molecule has 0 aromatic rings. The van der Waals surface area contributed by atoms with Crippen LogP contribution in [0.3, 0.4) is 0 Å². The van der Waals surface area contributed by atoms with Gasteiger partial charge in [-0.15, -0.1) is 0 Å². The molecule has 0 aromatic heterocycles. The number of rotatable bonds is 2. The van der Waals surface area contributed by atoms with Crippen LogP contribution < -0.4 is 0 Å². The highest BCUT2D eigenvalue weighted by atomic mass is 16.6. The molecule has 3 heteroatoms. The summed E-state index contributed by atoms with van der Waals surface area (Å²) in [6, 6.07) is 0. The summed E-state index contributed by atoms with van der Waals surface area (Å²) in [4.78, 5) is 15.1. The van der Waals surface area contributed by atoms with Gasteiger partial charge in [0.2, 0.25) is 0 Å². The van der Waals surface area contributed by atoms with E-state index >= 15 is 0 Å². The Hall–Kier alpha value is -1.38. The van der Waals surface area contributed by atoms with E-state index in [2.05, 4.69) is 11.6 Å². The van der Waals surface area contributed by atoms with Crippen molar-refractivity contribution < 1.29 is 9.53 Å². The molecule has 0 spiro atoms. The summed E-state index contributed by atoms with van der Waals surface area (Å²) in [6.07, 6.45) is 2.92. The predicted octanol–water partition coefficient (Wildman–Crippen LogP) is 3.51. The molecular weight excluding hydrogens is 190 g/mol. The second-order valence-electron chi connectivity index (χ2n) is 4.33. The molecule has 0 saturated carbocycles. The Labute approximate surface area is 91.5 Å². The Morgan fingerprint density at radius 1 is 1.33 bits per heavy atom. The molecular formula is C12H19NO2. The van der Waals surface area contributed by atoms with Gasteiger partial charge in [0.25, 0.3) is 0 Å². The van der Waals surface area contributed by atoms with Gasteiger partial charge in [0.15, 0.2) is 0 Å². The Morgan fingerprint density at radius 3 is 2.27 bits per heavy atom. The second kappa shape index (κ2) is 5.49. The normalized spacial score (nSPS) is 13.7. The molecule has 0 N–H and O–H groups in total. The van der Waals surface area contributed by atoms with Crippen molar-refractivity contribution in [3.63, 3.8) is 0 Å². The first-order valence-corrected chi connectivity index (χ1v) is 4.83. The number of allylic oxidation sites excluding steroid dienone is 3. The van der Waals surface area contributed by atoms with Crippen LogP contribution in [0.5, 0.6) is 0 Å². The third kappa shape index (κ3) is 7.67. The van der Waals surface area contributed by atoms with E-state index in [9.17, 15) is 4.79 Å². The largest absolute Gasteiger partial charge is 0.442 e. The summed E-state index contributed by atoms with van der Waals surface area (Å²) in [5.41, 5.74) is 1.07. The first-order valence-electron chi connectivity index (χ1n) is 4.83. The molecule has 0 unspecified atom stereocenters. The minimum atomic E-state index is -0.562. The number of nitrogens with zero attached hydrogens (tertiary/aromatic N) is 1. The SMILES string of the molecule is C=C/C(C)=C\C(C)=NC(=O)OC(C)(C)C. The average molecular weight is 209 g/mol. The lowest BCUT2D eigenvalue weighted by Gasteiger charge is -2.17. The second-order valence-corrected chi connectivity index (χ2v) is 4.33. The number of aliphatic imine (C=N–C) groups is 1. The smallest absolute Gasteiger partial charge is 0.434 e. The highest BCUT2D eigenvalue weighted by Crippen LogP contribution is 2.08. The van der Waals surface area contributed by atoms with Crippen molar-refractivity contribution in [2.45, 2.75) is 40.2 Å². The molecule has 0 saturated heterocycles. The van der Waals surface area contributed by atoms with Crippen molar-refractivity contribution in [2.75, 3.05) is 0 Å². The average Bonchev–Trinajstić information content (AvgIpc) is 1.99.